The van der Waals surface area contributed by atoms with Crippen LogP contribution < -0.4 is 0 Å². The Hall–Kier alpha value is -0.0800. The molecule has 2 N–H and O–H groups in total. The molecular weight excluding hydrogens is 212 g/mol. The molecular formula is C15H30O2. The predicted molar refractivity (Wildman–Crippen MR) is 71.8 cm³/mol. The van der Waals surface area contributed by atoms with E-state index < -0.39 is 0 Å². The maximum Gasteiger partial charge on any atom is 0.0483 e. The second-order valence-electron chi connectivity index (χ2n) is 6.06. The maximum atomic E-state index is 9.15. The SMILES string of the molecule is CC(CCC(C)C1CCCCC1)C(CO)CO. The largest absolute Gasteiger partial charge is 0.396 e. The summed E-state index contributed by atoms with van der Waals surface area (Å²) in [5.41, 5.74) is 0. The average molecular weight is 242 g/mol. The summed E-state index contributed by atoms with van der Waals surface area (Å²) >= 11 is 0. The van der Waals surface area contributed by atoms with Gasteiger partial charge in [0.15, 0.2) is 0 Å². The van der Waals surface area contributed by atoms with E-state index in [9.17, 15) is 0 Å². The molecule has 0 aromatic rings. The zero-order valence-corrected chi connectivity index (χ0v) is 11.6. The Morgan fingerprint density at radius 2 is 1.53 bits per heavy atom. The van der Waals surface area contributed by atoms with Crippen LogP contribution in [0.4, 0.5) is 0 Å². The molecule has 0 spiro atoms. The van der Waals surface area contributed by atoms with Crippen molar-refractivity contribution in [2.45, 2.75) is 58.8 Å². The first-order chi connectivity index (χ1) is 8.19. The summed E-state index contributed by atoms with van der Waals surface area (Å²) in [6, 6.07) is 0. The molecule has 1 fully saturated rings. The minimum absolute atomic E-state index is 0.0774. The van der Waals surface area contributed by atoms with Gasteiger partial charge >= 0.3 is 0 Å². The van der Waals surface area contributed by atoms with Crippen LogP contribution in [-0.2, 0) is 0 Å². The Balaban J connectivity index is 2.23. The van der Waals surface area contributed by atoms with Crippen LogP contribution in [0, 0.1) is 23.7 Å². The van der Waals surface area contributed by atoms with Gasteiger partial charge in [-0.1, -0.05) is 58.8 Å². The predicted octanol–water partition coefficient (Wildman–Crippen LogP) is 3.22. The monoisotopic (exact) mass is 242 g/mol. The highest BCUT2D eigenvalue weighted by Gasteiger charge is 2.22. The van der Waals surface area contributed by atoms with E-state index in [-0.39, 0.29) is 19.1 Å². The van der Waals surface area contributed by atoms with Crippen molar-refractivity contribution in [2.75, 3.05) is 13.2 Å². The Bertz CT molecular complexity index is 183. The Morgan fingerprint density at radius 1 is 0.941 bits per heavy atom. The number of hydrogen-bond acceptors (Lipinski definition) is 2. The van der Waals surface area contributed by atoms with Crippen molar-refractivity contribution in [1.29, 1.82) is 0 Å². The molecule has 0 aromatic carbocycles. The zero-order chi connectivity index (χ0) is 12.7. The van der Waals surface area contributed by atoms with Crippen LogP contribution in [0.15, 0.2) is 0 Å². The van der Waals surface area contributed by atoms with Gasteiger partial charge < -0.3 is 10.2 Å². The normalized spacial score (nSPS) is 21.7. The van der Waals surface area contributed by atoms with E-state index in [1.54, 1.807) is 0 Å². The molecule has 1 saturated carbocycles. The standard InChI is InChI=1S/C15H30O2/c1-12(14-6-4-3-5-7-14)8-9-13(2)15(10-16)11-17/h12-17H,3-11H2,1-2H3. The van der Waals surface area contributed by atoms with Gasteiger partial charge in [-0.25, -0.2) is 0 Å². The minimum Gasteiger partial charge on any atom is -0.396 e. The molecule has 2 nitrogen and oxygen atoms in total. The van der Waals surface area contributed by atoms with Gasteiger partial charge in [0.25, 0.3) is 0 Å². The minimum atomic E-state index is 0.0774. The maximum absolute atomic E-state index is 9.15. The fourth-order valence-electron chi connectivity index (χ4n) is 3.12. The number of hydrogen-bond donors (Lipinski definition) is 2. The van der Waals surface area contributed by atoms with E-state index in [2.05, 4.69) is 13.8 Å². The Kier molecular flexibility index (Phi) is 7.14. The molecule has 0 aromatic heterocycles. The summed E-state index contributed by atoms with van der Waals surface area (Å²) in [4.78, 5) is 0. The molecule has 0 heterocycles. The number of rotatable bonds is 7. The van der Waals surface area contributed by atoms with Gasteiger partial charge in [-0.15, -0.1) is 0 Å². The number of aliphatic hydroxyl groups excluding tert-OH is 2. The van der Waals surface area contributed by atoms with Crippen LogP contribution in [0.2, 0.25) is 0 Å². The summed E-state index contributed by atoms with van der Waals surface area (Å²) in [6.07, 6.45) is 9.49. The highest BCUT2D eigenvalue weighted by molar-refractivity contribution is 4.73. The lowest BCUT2D eigenvalue weighted by atomic mass is 9.77. The highest BCUT2D eigenvalue weighted by Crippen LogP contribution is 2.33. The van der Waals surface area contributed by atoms with Crippen LogP contribution in [0.5, 0.6) is 0 Å². The van der Waals surface area contributed by atoms with E-state index in [0.717, 1.165) is 18.3 Å². The Labute approximate surface area is 106 Å². The summed E-state index contributed by atoms with van der Waals surface area (Å²) in [5, 5.41) is 18.3. The molecule has 1 rings (SSSR count). The van der Waals surface area contributed by atoms with Gasteiger partial charge in [0.2, 0.25) is 0 Å². The third kappa shape index (κ3) is 4.97. The van der Waals surface area contributed by atoms with E-state index >= 15 is 0 Å². The van der Waals surface area contributed by atoms with E-state index in [0.29, 0.717) is 5.92 Å². The first-order valence-corrected chi connectivity index (χ1v) is 7.40. The van der Waals surface area contributed by atoms with Crippen molar-refractivity contribution in [2.24, 2.45) is 23.7 Å². The van der Waals surface area contributed by atoms with Gasteiger partial charge in [-0.05, 0) is 17.8 Å². The van der Waals surface area contributed by atoms with Crippen molar-refractivity contribution >= 4 is 0 Å². The summed E-state index contributed by atoms with van der Waals surface area (Å²) in [5.74, 6) is 2.26. The molecule has 2 heteroatoms. The summed E-state index contributed by atoms with van der Waals surface area (Å²) in [7, 11) is 0. The van der Waals surface area contributed by atoms with Gasteiger partial charge in [0.1, 0.15) is 0 Å². The molecule has 0 bridgehead atoms. The first-order valence-electron chi connectivity index (χ1n) is 7.40. The van der Waals surface area contributed by atoms with Gasteiger partial charge in [-0.2, -0.15) is 0 Å². The lowest BCUT2D eigenvalue weighted by molar-refractivity contribution is 0.103. The van der Waals surface area contributed by atoms with Gasteiger partial charge in [0.05, 0.1) is 0 Å². The Morgan fingerprint density at radius 3 is 2.06 bits per heavy atom. The van der Waals surface area contributed by atoms with Crippen molar-refractivity contribution in [3.8, 4) is 0 Å². The number of aliphatic hydroxyl groups is 2. The summed E-state index contributed by atoms with van der Waals surface area (Å²) < 4.78 is 0. The van der Waals surface area contributed by atoms with E-state index in [1.165, 1.54) is 38.5 Å². The van der Waals surface area contributed by atoms with Crippen molar-refractivity contribution < 1.29 is 10.2 Å². The van der Waals surface area contributed by atoms with Crippen LogP contribution in [0.3, 0.4) is 0 Å². The zero-order valence-electron chi connectivity index (χ0n) is 11.6. The third-order valence-electron chi connectivity index (χ3n) is 4.81. The van der Waals surface area contributed by atoms with Crippen LogP contribution >= 0.6 is 0 Å². The van der Waals surface area contributed by atoms with Crippen LogP contribution in [0.1, 0.15) is 58.8 Å². The van der Waals surface area contributed by atoms with Crippen molar-refractivity contribution in [3.63, 3.8) is 0 Å². The lowest BCUT2D eigenvalue weighted by Gasteiger charge is -2.29. The first kappa shape index (κ1) is 15.0. The average Bonchev–Trinajstić information content (AvgIpc) is 2.38. The fraction of sp³-hybridized carbons (Fsp3) is 1.00. The van der Waals surface area contributed by atoms with Gasteiger partial charge in [0, 0.05) is 19.1 Å². The van der Waals surface area contributed by atoms with Gasteiger partial charge in [-0.3, -0.25) is 0 Å². The van der Waals surface area contributed by atoms with Crippen LogP contribution in [0.25, 0.3) is 0 Å². The second kappa shape index (κ2) is 8.10. The third-order valence-corrected chi connectivity index (χ3v) is 4.81. The molecule has 1 aliphatic rings. The smallest absolute Gasteiger partial charge is 0.0483 e. The topological polar surface area (TPSA) is 40.5 Å². The molecule has 102 valence electrons. The fourth-order valence-corrected chi connectivity index (χ4v) is 3.12. The molecule has 17 heavy (non-hydrogen) atoms. The molecule has 0 radical (unpaired) electrons. The van der Waals surface area contributed by atoms with E-state index in [1.807, 2.05) is 0 Å². The summed E-state index contributed by atoms with van der Waals surface area (Å²) in [6.45, 7) is 4.78. The second-order valence-corrected chi connectivity index (χ2v) is 6.06. The molecule has 0 aliphatic heterocycles. The molecule has 2 atom stereocenters. The van der Waals surface area contributed by atoms with E-state index in [4.69, 9.17) is 10.2 Å². The van der Waals surface area contributed by atoms with Crippen LogP contribution in [-0.4, -0.2) is 23.4 Å². The lowest BCUT2D eigenvalue weighted by Crippen LogP contribution is -2.22. The molecule has 2 unspecified atom stereocenters. The highest BCUT2D eigenvalue weighted by atomic mass is 16.3. The van der Waals surface area contributed by atoms with Crippen molar-refractivity contribution in [3.05, 3.63) is 0 Å². The van der Waals surface area contributed by atoms with Crippen molar-refractivity contribution in [1.82, 2.24) is 0 Å². The quantitative estimate of drug-likeness (QED) is 0.719. The molecule has 0 saturated heterocycles. The molecule has 1 aliphatic carbocycles. The molecule has 0 amide bonds.